The van der Waals surface area contributed by atoms with Crippen LogP contribution in [0.15, 0.2) is 35.3 Å². The zero-order valence-electron chi connectivity index (χ0n) is 19.5. The van der Waals surface area contributed by atoms with Gasteiger partial charge in [-0.2, -0.15) is 5.10 Å². The van der Waals surface area contributed by atoms with E-state index in [9.17, 15) is 9.59 Å². The molecule has 8 heteroatoms. The Balaban J connectivity index is 1.51. The Kier molecular flexibility index (Phi) is 4.84. The summed E-state index contributed by atoms with van der Waals surface area (Å²) >= 11 is 0. The van der Waals surface area contributed by atoms with Crippen LogP contribution >= 0.6 is 0 Å². The number of ether oxygens (including phenoxy) is 1. The number of carbonyl (C=O) groups excluding carboxylic acids is 1. The third-order valence-corrected chi connectivity index (χ3v) is 5.90. The highest BCUT2D eigenvalue weighted by molar-refractivity contribution is 6.04. The van der Waals surface area contributed by atoms with E-state index in [4.69, 9.17) is 9.72 Å². The van der Waals surface area contributed by atoms with Crippen molar-refractivity contribution in [2.75, 3.05) is 0 Å². The highest BCUT2D eigenvalue weighted by atomic mass is 16.5. The Morgan fingerprint density at radius 1 is 1.15 bits per heavy atom. The van der Waals surface area contributed by atoms with Crippen LogP contribution in [0, 0.1) is 13.8 Å². The van der Waals surface area contributed by atoms with Crippen molar-refractivity contribution in [3.63, 3.8) is 0 Å². The maximum Gasteiger partial charge on any atom is 0.339 e. The van der Waals surface area contributed by atoms with Gasteiger partial charge in [-0.25, -0.2) is 19.4 Å². The van der Waals surface area contributed by atoms with E-state index in [0.717, 1.165) is 29.8 Å². The number of hydrogen-bond acceptors (Lipinski definition) is 6. The Hall–Kier alpha value is -3.55. The number of aromatic nitrogens is 5. The van der Waals surface area contributed by atoms with E-state index in [1.807, 2.05) is 30.7 Å². The Morgan fingerprint density at radius 2 is 1.91 bits per heavy atom. The van der Waals surface area contributed by atoms with Crippen molar-refractivity contribution in [3.8, 4) is 0 Å². The molecule has 1 aliphatic carbocycles. The Labute approximate surface area is 191 Å². The SMILES string of the molecule is Cc1ccc2nc(COC(=O)c3cc(C4CC4)nc4c3c(C)nn4C(C)(C)C)cc(=O)n2c1. The van der Waals surface area contributed by atoms with Crippen LogP contribution in [-0.4, -0.2) is 30.1 Å². The van der Waals surface area contributed by atoms with Crippen molar-refractivity contribution in [2.45, 2.75) is 65.5 Å². The van der Waals surface area contributed by atoms with Gasteiger partial charge in [0.25, 0.3) is 5.56 Å². The van der Waals surface area contributed by atoms with E-state index in [0.29, 0.717) is 33.9 Å². The highest BCUT2D eigenvalue weighted by Gasteiger charge is 2.30. The van der Waals surface area contributed by atoms with Gasteiger partial charge in [0.2, 0.25) is 0 Å². The van der Waals surface area contributed by atoms with E-state index in [-0.39, 0.29) is 17.7 Å². The minimum absolute atomic E-state index is 0.0898. The van der Waals surface area contributed by atoms with Crippen molar-refractivity contribution in [1.29, 1.82) is 0 Å². The lowest BCUT2D eigenvalue weighted by Gasteiger charge is -2.20. The first kappa shape index (κ1) is 21.3. The molecule has 4 aromatic heterocycles. The van der Waals surface area contributed by atoms with Crippen LogP contribution in [0.2, 0.25) is 0 Å². The zero-order chi connectivity index (χ0) is 23.5. The number of carbonyl (C=O) groups is 1. The fourth-order valence-electron chi connectivity index (χ4n) is 4.07. The van der Waals surface area contributed by atoms with E-state index in [2.05, 4.69) is 30.9 Å². The summed E-state index contributed by atoms with van der Waals surface area (Å²) in [4.78, 5) is 35.1. The fourth-order valence-corrected chi connectivity index (χ4v) is 4.07. The number of esters is 1. The molecule has 0 aromatic carbocycles. The Morgan fingerprint density at radius 3 is 2.61 bits per heavy atom. The zero-order valence-corrected chi connectivity index (χ0v) is 19.5. The standard InChI is InChI=1S/C25H27N5O3/c1-14-6-9-20-26-17(10-21(31)29(20)12-14)13-33-24(32)18-11-19(16-7-8-16)27-23-22(18)15(2)28-30(23)25(3,4)5/h6,9-12,16H,7-8,13H2,1-5H3. The third-order valence-electron chi connectivity index (χ3n) is 5.90. The van der Waals surface area contributed by atoms with Crippen LogP contribution in [-0.2, 0) is 16.9 Å². The summed E-state index contributed by atoms with van der Waals surface area (Å²) < 4.78 is 9.01. The molecule has 4 heterocycles. The van der Waals surface area contributed by atoms with Crippen LogP contribution in [0.5, 0.6) is 0 Å². The molecule has 0 bridgehead atoms. The van der Waals surface area contributed by atoms with Crippen LogP contribution in [0.3, 0.4) is 0 Å². The summed E-state index contributed by atoms with van der Waals surface area (Å²) in [5.41, 5.74) is 4.20. The van der Waals surface area contributed by atoms with Crippen molar-refractivity contribution in [2.24, 2.45) is 0 Å². The largest absolute Gasteiger partial charge is 0.456 e. The van der Waals surface area contributed by atoms with Gasteiger partial charge in [-0.05, 0) is 65.2 Å². The second-order valence-corrected chi connectivity index (χ2v) is 9.83. The lowest BCUT2D eigenvalue weighted by Crippen LogP contribution is -2.23. The van der Waals surface area contributed by atoms with Crippen molar-refractivity contribution in [1.82, 2.24) is 24.1 Å². The van der Waals surface area contributed by atoms with Crippen molar-refractivity contribution < 1.29 is 9.53 Å². The van der Waals surface area contributed by atoms with Crippen molar-refractivity contribution in [3.05, 3.63) is 69.0 Å². The van der Waals surface area contributed by atoms with Gasteiger partial charge < -0.3 is 4.74 Å². The number of aryl methyl sites for hydroxylation is 2. The molecule has 0 saturated heterocycles. The van der Waals surface area contributed by atoms with Gasteiger partial charge in [-0.1, -0.05) is 6.07 Å². The molecule has 0 atom stereocenters. The maximum absolute atomic E-state index is 13.2. The molecule has 1 fully saturated rings. The quantitative estimate of drug-likeness (QED) is 0.440. The van der Waals surface area contributed by atoms with Gasteiger partial charge in [0, 0.05) is 23.9 Å². The van der Waals surface area contributed by atoms with Crippen LogP contribution in [0.4, 0.5) is 0 Å². The minimum Gasteiger partial charge on any atom is -0.456 e. The summed E-state index contributed by atoms with van der Waals surface area (Å²) in [6, 6.07) is 6.91. The first-order chi connectivity index (χ1) is 15.6. The predicted octanol–water partition coefficient (Wildman–Crippen LogP) is 4.05. The van der Waals surface area contributed by atoms with Crippen LogP contribution in [0.25, 0.3) is 16.7 Å². The van der Waals surface area contributed by atoms with Gasteiger partial charge in [0.15, 0.2) is 5.65 Å². The molecule has 0 N–H and O–H groups in total. The van der Waals surface area contributed by atoms with E-state index < -0.39 is 5.97 Å². The van der Waals surface area contributed by atoms with Gasteiger partial charge >= 0.3 is 5.97 Å². The Bertz CT molecular complexity index is 1470. The van der Waals surface area contributed by atoms with Crippen molar-refractivity contribution >= 4 is 22.6 Å². The minimum atomic E-state index is -0.466. The van der Waals surface area contributed by atoms with Gasteiger partial charge in [0.05, 0.1) is 27.9 Å². The molecule has 0 unspecified atom stereocenters. The third kappa shape index (κ3) is 3.90. The first-order valence-electron chi connectivity index (χ1n) is 11.2. The average molecular weight is 446 g/mol. The fraction of sp³-hybridized carbons (Fsp3) is 0.400. The molecule has 0 radical (unpaired) electrons. The second-order valence-electron chi connectivity index (χ2n) is 9.83. The molecule has 4 aromatic rings. The molecule has 8 nitrogen and oxygen atoms in total. The van der Waals surface area contributed by atoms with E-state index in [1.165, 1.54) is 10.5 Å². The summed E-state index contributed by atoms with van der Waals surface area (Å²) in [6.45, 7) is 9.90. The first-order valence-corrected chi connectivity index (χ1v) is 11.2. The number of pyridine rings is 2. The molecule has 1 saturated carbocycles. The average Bonchev–Trinajstić information content (AvgIpc) is 3.55. The van der Waals surface area contributed by atoms with Crippen LogP contribution in [0.1, 0.15) is 72.5 Å². The molecule has 0 spiro atoms. The van der Waals surface area contributed by atoms with Gasteiger partial charge in [0.1, 0.15) is 12.3 Å². The molecule has 5 rings (SSSR count). The molecule has 33 heavy (non-hydrogen) atoms. The molecular formula is C25H27N5O3. The lowest BCUT2D eigenvalue weighted by atomic mass is 10.1. The molecular weight excluding hydrogens is 418 g/mol. The molecule has 0 amide bonds. The van der Waals surface area contributed by atoms with Crippen LogP contribution < -0.4 is 5.56 Å². The van der Waals surface area contributed by atoms with E-state index >= 15 is 0 Å². The van der Waals surface area contributed by atoms with E-state index in [1.54, 1.807) is 12.3 Å². The summed E-state index contributed by atoms with van der Waals surface area (Å²) in [5, 5.41) is 5.40. The number of rotatable bonds is 4. The smallest absolute Gasteiger partial charge is 0.339 e. The number of hydrogen-bond donors (Lipinski definition) is 0. The number of nitrogens with zero attached hydrogens (tertiary/aromatic N) is 5. The summed E-state index contributed by atoms with van der Waals surface area (Å²) in [7, 11) is 0. The summed E-state index contributed by atoms with van der Waals surface area (Å²) in [5.74, 6) is -0.0954. The lowest BCUT2D eigenvalue weighted by molar-refractivity contribution is 0.0469. The normalized spacial score (nSPS) is 14.2. The topological polar surface area (TPSA) is 91.4 Å². The predicted molar refractivity (Wildman–Crippen MR) is 125 cm³/mol. The number of fused-ring (bicyclic) bond motifs is 2. The second kappa shape index (κ2) is 7.50. The molecule has 170 valence electrons. The molecule has 0 aliphatic heterocycles. The molecule has 1 aliphatic rings. The highest BCUT2D eigenvalue weighted by Crippen LogP contribution is 2.41. The monoisotopic (exact) mass is 445 g/mol. The maximum atomic E-state index is 13.2. The van der Waals surface area contributed by atoms with Gasteiger partial charge in [-0.15, -0.1) is 0 Å². The summed E-state index contributed by atoms with van der Waals surface area (Å²) in [6.07, 6.45) is 3.88. The van der Waals surface area contributed by atoms with Gasteiger partial charge in [-0.3, -0.25) is 9.20 Å².